The number of anilines is 1. The second kappa shape index (κ2) is 6.63. The van der Waals surface area contributed by atoms with Crippen molar-refractivity contribution in [1.82, 2.24) is 14.7 Å². The van der Waals surface area contributed by atoms with Crippen LogP contribution in [-0.4, -0.2) is 33.8 Å². The third-order valence-corrected chi connectivity index (χ3v) is 4.50. The molecule has 6 nitrogen and oxygen atoms in total. The lowest BCUT2D eigenvalue weighted by Gasteiger charge is -2.20. The number of benzene rings is 1. The van der Waals surface area contributed by atoms with E-state index in [1.165, 1.54) is 0 Å². The minimum atomic E-state index is -0.231. The lowest BCUT2D eigenvalue weighted by molar-refractivity contribution is 0.0948. The fraction of sp³-hybridized carbons (Fsp3) is 0.250. The summed E-state index contributed by atoms with van der Waals surface area (Å²) in [6.07, 6.45) is 3.77. The fourth-order valence-electron chi connectivity index (χ4n) is 3.01. The zero-order valence-corrected chi connectivity index (χ0v) is 14.6. The molecule has 1 N–H and O–H groups in total. The molecule has 1 aliphatic rings. The average molecular weight is 348 g/mol. The number of hydrogen-bond acceptors (Lipinski definition) is 3. The van der Waals surface area contributed by atoms with Crippen LogP contribution in [0.3, 0.4) is 0 Å². The number of hydrogen-bond donors (Lipinski definition) is 1. The molecular weight excluding hydrogens is 328 g/mol. The number of imidazole rings is 1. The molecule has 132 valence electrons. The van der Waals surface area contributed by atoms with Gasteiger partial charge in [-0.1, -0.05) is 24.3 Å². The Morgan fingerprint density at radius 3 is 2.58 bits per heavy atom. The zero-order chi connectivity index (χ0) is 18.1. The molecule has 3 aromatic rings. The molecule has 0 radical (unpaired) electrons. The molecule has 6 heteroatoms. The number of carbonyl (C=O) groups is 2. The molecule has 0 saturated heterocycles. The van der Waals surface area contributed by atoms with Gasteiger partial charge in [0.15, 0.2) is 5.69 Å². The summed E-state index contributed by atoms with van der Waals surface area (Å²) >= 11 is 0. The van der Waals surface area contributed by atoms with Gasteiger partial charge in [-0.3, -0.25) is 14.0 Å². The summed E-state index contributed by atoms with van der Waals surface area (Å²) in [7, 11) is 0. The van der Waals surface area contributed by atoms with E-state index < -0.39 is 0 Å². The van der Waals surface area contributed by atoms with Crippen LogP contribution in [0.25, 0.3) is 5.52 Å². The first-order valence-electron chi connectivity index (χ1n) is 8.84. The average Bonchev–Trinajstić information content (AvgIpc) is 3.40. The molecule has 0 spiro atoms. The fourth-order valence-corrected chi connectivity index (χ4v) is 3.01. The molecule has 0 bridgehead atoms. The van der Waals surface area contributed by atoms with Crippen LogP contribution in [0.1, 0.15) is 40.9 Å². The Kier molecular flexibility index (Phi) is 4.16. The van der Waals surface area contributed by atoms with Crippen LogP contribution in [0, 0.1) is 0 Å². The van der Waals surface area contributed by atoms with E-state index in [0.717, 1.165) is 18.5 Å². The Balaban J connectivity index is 1.75. The van der Waals surface area contributed by atoms with Crippen LogP contribution in [-0.2, 0) is 0 Å². The highest BCUT2D eigenvalue weighted by atomic mass is 16.2. The Hall–Kier alpha value is -3.15. The minimum Gasteiger partial charge on any atom is -0.348 e. The minimum absolute atomic E-state index is 0.224. The van der Waals surface area contributed by atoms with Gasteiger partial charge in [0, 0.05) is 24.5 Å². The summed E-state index contributed by atoms with van der Waals surface area (Å²) in [5.41, 5.74) is 1.74. The van der Waals surface area contributed by atoms with Crippen LogP contribution in [0.2, 0.25) is 0 Å². The molecule has 1 fully saturated rings. The second-order valence-electron chi connectivity index (χ2n) is 6.37. The number of pyridine rings is 1. The second-order valence-corrected chi connectivity index (χ2v) is 6.37. The monoisotopic (exact) mass is 348 g/mol. The van der Waals surface area contributed by atoms with Gasteiger partial charge in [-0.2, -0.15) is 0 Å². The smallest absolute Gasteiger partial charge is 0.294 e. The maximum Gasteiger partial charge on any atom is 0.294 e. The number of aromatic nitrogens is 2. The molecule has 0 aliphatic heterocycles. The van der Waals surface area contributed by atoms with Crippen molar-refractivity contribution < 1.29 is 9.59 Å². The first-order valence-corrected chi connectivity index (χ1v) is 8.84. The Bertz CT molecular complexity index is 960. The van der Waals surface area contributed by atoms with Gasteiger partial charge in [0.1, 0.15) is 0 Å². The number of amides is 2. The largest absolute Gasteiger partial charge is 0.348 e. The summed E-state index contributed by atoms with van der Waals surface area (Å²) in [6, 6.07) is 15.2. The van der Waals surface area contributed by atoms with E-state index >= 15 is 0 Å². The van der Waals surface area contributed by atoms with Gasteiger partial charge < -0.3 is 10.2 Å². The molecule has 1 aromatic carbocycles. The van der Waals surface area contributed by atoms with E-state index in [-0.39, 0.29) is 23.7 Å². The lowest BCUT2D eigenvalue weighted by Crippen LogP contribution is -2.32. The van der Waals surface area contributed by atoms with E-state index in [0.29, 0.717) is 17.8 Å². The van der Waals surface area contributed by atoms with Gasteiger partial charge in [0.25, 0.3) is 11.8 Å². The summed E-state index contributed by atoms with van der Waals surface area (Å²) < 4.78 is 1.69. The highest BCUT2D eigenvalue weighted by Crippen LogP contribution is 2.22. The normalized spacial score (nSPS) is 13.6. The molecular formula is C20H20N4O2. The first-order chi connectivity index (χ1) is 12.7. The van der Waals surface area contributed by atoms with Crippen LogP contribution in [0.4, 0.5) is 5.69 Å². The Morgan fingerprint density at radius 2 is 1.88 bits per heavy atom. The predicted molar refractivity (Wildman–Crippen MR) is 99.5 cm³/mol. The van der Waals surface area contributed by atoms with Gasteiger partial charge in [-0.05, 0) is 44.0 Å². The van der Waals surface area contributed by atoms with E-state index in [9.17, 15) is 9.59 Å². The number of para-hydroxylation sites is 1. The summed E-state index contributed by atoms with van der Waals surface area (Å²) in [6.45, 7) is 2.43. The maximum atomic E-state index is 13.2. The van der Waals surface area contributed by atoms with Crippen molar-refractivity contribution in [1.29, 1.82) is 0 Å². The first kappa shape index (κ1) is 16.3. The summed E-state index contributed by atoms with van der Waals surface area (Å²) in [5.74, 6) is -0.212. The van der Waals surface area contributed by atoms with Crippen molar-refractivity contribution in [2.45, 2.75) is 25.8 Å². The number of fused-ring (bicyclic) bond motifs is 1. The molecule has 1 aliphatic carbocycles. The summed E-state index contributed by atoms with van der Waals surface area (Å²) in [5, 5.41) is 2.95. The number of rotatable bonds is 5. The van der Waals surface area contributed by atoms with Gasteiger partial charge in [-0.25, -0.2) is 4.98 Å². The van der Waals surface area contributed by atoms with Crippen LogP contribution >= 0.6 is 0 Å². The molecule has 26 heavy (non-hydrogen) atoms. The molecule has 2 heterocycles. The standard InChI is InChI=1S/C20H20N4O2/c1-2-23(15-8-4-3-5-9-15)20(26)18-22-17(19(25)21-14-11-12-14)16-10-6-7-13-24(16)18/h3-10,13-14H,2,11-12H2,1H3,(H,21,25). The third kappa shape index (κ3) is 2.94. The number of nitrogens with one attached hydrogen (secondary N) is 1. The number of carbonyl (C=O) groups excluding carboxylic acids is 2. The topological polar surface area (TPSA) is 66.7 Å². The zero-order valence-electron chi connectivity index (χ0n) is 14.6. The number of nitrogens with zero attached hydrogens (tertiary/aromatic N) is 3. The highest BCUT2D eigenvalue weighted by Gasteiger charge is 2.29. The quantitative estimate of drug-likeness (QED) is 0.771. The van der Waals surface area contributed by atoms with Crippen molar-refractivity contribution in [3.05, 3.63) is 66.2 Å². The summed E-state index contributed by atoms with van der Waals surface area (Å²) in [4.78, 5) is 31.8. The molecule has 2 aromatic heterocycles. The van der Waals surface area contributed by atoms with Crippen molar-refractivity contribution >= 4 is 23.0 Å². The van der Waals surface area contributed by atoms with E-state index in [2.05, 4.69) is 10.3 Å². The molecule has 0 unspecified atom stereocenters. The van der Waals surface area contributed by atoms with Gasteiger partial charge in [0.05, 0.1) is 5.52 Å². The van der Waals surface area contributed by atoms with Crippen molar-refractivity contribution in [3.63, 3.8) is 0 Å². The van der Waals surface area contributed by atoms with Crippen LogP contribution in [0.15, 0.2) is 54.7 Å². The van der Waals surface area contributed by atoms with Crippen LogP contribution in [0.5, 0.6) is 0 Å². The van der Waals surface area contributed by atoms with Crippen LogP contribution < -0.4 is 10.2 Å². The molecule has 0 atom stereocenters. The van der Waals surface area contributed by atoms with E-state index in [1.54, 1.807) is 15.5 Å². The van der Waals surface area contributed by atoms with Crippen molar-refractivity contribution in [3.8, 4) is 0 Å². The molecule has 1 saturated carbocycles. The van der Waals surface area contributed by atoms with Crippen molar-refractivity contribution in [2.75, 3.05) is 11.4 Å². The van der Waals surface area contributed by atoms with Gasteiger partial charge in [-0.15, -0.1) is 0 Å². The SMILES string of the molecule is CCN(C(=O)c1nc(C(=O)NC2CC2)c2ccccn12)c1ccccc1. The third-order valence-electron chi connectivity index (χ3n) is 4.50. The van der Waals surface area contributed by atoms with E-state index in [4.69, 9.17) is 0 Å². The Morgan fingerprint density at radius 1 is 1.15 bits per heavy atom. The maximum absolute atomic E-state index is 13.2. The Labute approximate surface area is 151 Å². The highest BCUT2D eigenvalue weighted by molar-refractivity contribution is 6.07. The van der Waals surface area contributed by atoms with Gasteiger partial charge in [0.2, 0.25) is 5.82 Å². The van der Waals surface area contributed by atoms with Crippen molar-refractivity contribution in [2.24, 2.45) is 0 Å². The van der Waals surface area contributed by atoms with Gasteiger partial charge >= 0.3 is 0 Å². The lowest BCUT2D eigenvalue weighted by atomic mass is 10.3. The molecule has 2 amide bonds. The molecule has 4 rings (SSSR count). The predicted octanol–water partition coefficient (Wildman–Crippen LogP) is 2.89. The van der Waals surface area contributed by atoms with E-state index in [1.807, 2.05) is 55.5 Å².